The van der Waals surface area contributed by atoms with Crippen LogP contribution in [0.4, 0.5) is 5.69 Å². The molecule has 4 N–H and O–H groups in total. The fraction of sp³-hybridized carbons (Fsp3) is 0.429. The number of nitrogens with two attached hydrogens (primary N) is 1. The molecule has 0 atom stereocenters. The van der Waals surface area contributed by atoms with Gasteiger partial charge in [0.15, 0.2) is 5.96 Å². The molecule has 21 heavy (non-hydrogen) atoms. The Hall–Kier alpha value is -1.51. The zero-order valence-corrected chi connectivity index (χ0v) is 15.1. The van der Waals surface area contributed by atoms with Crippen LogP contribution >= 0.6 is 24.0 Å². The molecule has 6 nitrogen and oxygen atoms in total. The largest absolute Gasteiger partial charge is 0.497 e. The lowest BCUT2D eigenvalue weighted by Gasteiger charge is -2.19. The number of halogens is 1. The Balaban J connectivity index is 0.00000400. The van der Waals surface area contributed by atoms with Crippen molar-refractivity contribution in [1.29, 1.82) is 0 Å². The number of nitrogens with one attached hydrogen (secondary N) is 2. The van der Waals surface area contributed by atoms with Gasteiger partial charge in [-0.25, -0.2) is 4.99 Å². The number of anilines is 1. The molecule has 0 fully saturated rings. The Morgan fingerprint density at radius 2 is 1.86 bits per heavy atom. The van der Waals surface area contributed by atoms with E-state index in [0.717, 1.165) is 11.4 Å². The van der Waals surface area contributed by atoms with Crippen LogP contribution < -0.4 is 21.1 Å². The summed E-state index contributed by atoms with van der Waals surface area (Å²) in [6.07, 6.45) is 0. The Kier molecular flexibility index (Phi) is 8.08. The maximum atomic E-state index is 11.6. The molecule has 1 rings (SSSR count). The highest BCUT2D eigenvalue weighted by atomic mass is 127. The highest BCUT2D eigenvalue weighted by molar-refractivity contribution is 14.0. The number of carbonyl (C=O) groups is 1. The highest BCUT2D eigenvalue weighted by Gasteiger charge is 2.12. The van der Waals surface area contributed by atoms with Crippen LogP contribution in [-0.2, 0) is 4.79 Å². The highest BCUT2D eigenvalue weighted by Crippen LogP contribution is 2.14. The van der Waals surface area contributed by atoms with Crippen LogP contribution in [0, 0.1) is 0 Å². The number of methoxy groups -OCH3 is 1. The lowest BCUT2D eigenvalue weighted by molar-refractivity contribution is -0.121. The molecule has 0 aromatic heterocycles. The summed E-state index contributed by atoms with van der Waals surface area (Å²) >= 11 is 0. The molecule has 0 unspecified atom stereocenters. The van der Waals surface area contributed by atoms with E-state index in [1.54, 1.807) is 7.11 Å². The quantitative estimate of drug-likeness (QED) is 0.405. The Labute approximate surface area is 142 Å². The van der Waals surface area contributed by atoms with Gasteiger partial charge in [0.1, 0.15) is 12.3 Å². The lowest BCUT2D eigenvalue weighted by Crippen LogP contribution is -2.42. The summed E-state index contributed by atoms with van der Waals surface area (Å²) in [5, 5.41) is 5.71. The van der Waals surface area contributed by atoms with Crippen LogP contribution in [0.3, 0.4) is 0 Å². The van der Waals surface area contributed by atoms with Crippen molar-refractivity contribution >= 4 is 41.5 Å². The maximum Gasteiger partial charge on any atom is 0.242 e. The topological polar surface area (TPSA) is 88.7 Å². The summed E-state index contributed by atoms with van der Waals surface area (Å²) in [6.45, 7) is 5.72. The van der Waals surface area contributed by atoms with Crippen molar-refractivity contribution in [3.05, 3.63) is 24.3 Å². The number of benzene rings is 1. The van der Waals surface area contributed by atoms with E-state index in [-0.39, 0.29) is 47.9 Å². The minimum atomic E-state index is -0.273. The molecule has 0 aliphatic heterocycles. The predicted molar refractivity (Wildman–Crippen MR) is 96.4 cm³/mol. The number of rotatable bonds is 4. The van der Waals surface area contributed by atoms with Crippen molar-refractivity contribution in [3.63, 3.8) is 0 Å². The van der Waals surface area contributed by atoms with Crippen LogP contribution in [0.25, 0.3) is 0 Å². The minimum Gasteiger partial charge on any atom is -0.497 e. The second-order valence-corrected chi connectivity index (χ2v) is 5.35. The van der Waals surface area contributed by atoms with Crippen LogP contribution in [0.1, 0.15) is 20.8 Å². The van der Waals surface area contributed by atoms with Gasteiger partial charge in [-0.1, -0.05) is 0 Å². The van der Waals surface area contributed by atoms with E-state index in [2.05, 4.69) is 15.6 Å². The summed E-state index contributed by atoms with van der Waals surface area (Å²) in [6, 6.07) is 7.25. The van der Waals surface area contributed by atoms with E-state index in [1.165, 1.54) is 0 Å². The minimum absolute atomic E-state index is 0. The van der Waals surface area contributed by atoms with Gasteiger partial charge in [-0.05, 0) is 45.0 Å². The smallest absolute Gasteiger partial charge is 0.242 e. The number of hydrogen-bond acceptors (Lipinski definition) is 3. The third kappa shape index (κ3) is 8.38. The lowest BCUT2D eigenvalue weighted by atomic mass is 10.1. The maximum absolute atomic E-state index is 11.6. The number of nitrogens with zero attached hydrogens (tertiary/aromatic N) is 1. The van der Waals surface area contributed by atoms with Gasteiger partial charge in [0.05, 0.1) is 7.11 Å². The van der Waals surface area contributed by atoms with Gasteiger partial charge in [0, 0.05) is 11.2 Å². The predicted octanol–water partition coefficient (Wildman–Crippen LogP) is 1.95. The van der Waals surface area contributed by atoms with Gasteiger partial charge in [-0.3, -0.25) is 4.79 Å². The molecule has 1 aromatic carbocycles. The van der Waals surface area contributed by atoms with Gasteiger partial charge in [-0.15, -0.1) is 24.0 Å². The van der Waals surface area contributed by atoms with Crippen LogP contribution in [-0.4, -0.2) is 31.1 Å². The van der Waals surface area contributed by atoms with E-state index in [1.807, 2.05) is 45.0 Å². The molecule has 0 bridgehead atoms. The fourth-order valence-corrected chi connectivity index (χ4v) is 1.48. The molecule has 1 amide bonds. The summed E-state index contributed by atoms with van der Waals surface area (Å²) in [5.41, 5.74) is 6.22. The first-order chi connectivity index (χ1) is 9.30. The second kappa shape index (κ2) is 8.71. The monoisotopic (exact) mass is 406 g/mol. The number of ether oxygens (including phenoxy) is 1. The average Bonchev–Trinajstić information content (AvgIpc) is 2.35. The number of carbonyl (C=O) groups excluding carboxylic acids is 1. The van der Waals surface area contributed by atoms with Crippen molar-refractivity contribution in [1.82, 2.24) is 5.32 Å². The number of guanidine groups is 1. The zero-order chi connectivity index (χ0) is 15.2. The Bertz CT molecular complexity index is 481. The van der Waals surface area contributed by atoms with Crippen molar-refractivity contribution in [2.45, 2.75) is 26.3 Å². The Morgan fingerprint density at radius 3 is 2.33 bits per heavy atom. The number of hydrogen-bond donors (Lipinski definition) is 3. The van der Waals surface area contributed by atoms with Gasteiger partial charge < -0.3 is 21.1 Å². The molecular formula is C14H23IN4O2. The molecule has 0 saturated heterocycles. The molecule has 1 aromatic rings. The van der Waals surface area contributed by atoms with Crippen molar-refractivity contribution < 1.29 is 9.53 Å². The van der Waals surface area contributed by atoms with E-state index < -0.39 is 0 Å². The van der Waals surface area contributed by atoms with E-state index in [4.69, 9.17) is 10.5 Å². The molecule has 0 heterocycles. The van der Waals surface area contributed by atoms with Crippen molar-refractivity contribution in [2.75, 3.05) is 19.0 Å². The van der Waals surface area contributed by atoms with Crippen molar-refractivity contribution in [3.8, 4) is 5.75 Å². The molecule has 0 spiro atoms. The molecule has 0 aliphatic carbocycles. The summed E-state index contributed by atoms with van der Waals surface area (Å²) in [5.74, 6) is 0.784. The third-order valence-electron chi connectivity index (χ3n) is 2.27. The van der Waals surface area contributed by atoms with E-state index in [9.17, 15) is 4.79 Å². The standard InChI is InChI=1S/C14H22N4O2.HI/c1-14(2,3)18-12(19)9-16-13(15)17-10-5-7-11(20-4)8-6-10;/h5-8H,9H2,1-4H3,(H,18,19)(H3,15,16,17);1H. The van der Waals surface area contributed by atoms with Crippen LogP contribution in [0.2, 0.25) is 0 Å². The van der Waals surface area contributed by atoms with Gasteiger partial charge >= 0.3 is 0 Å². The number of aliphatic imine (C=N–C) groups is 1. The van der Waals surface area contributed by atoms with Gasteiger partial charge in [0.25, 0.3) is 0 Å². The summed E-state index contributed by atoms with van der Waals surface area (Å²) in [4.78, 5) is 15.6. The Morgan fingerprint density at radius 1 is 1.29 bits per heavy atom. The second-order valence-electron chi connectivity index (χ2n) is 5.35. The molecular weight excluding hydrogens is 383 g/mol. The molecule has 118 valence electrons. The first-order valence-corrected chi connectivity index (χ1v) is 6.32. The van der Waals surface area contributed by atoms with Gasteiger partial charge in [0.2, 0.25) is 5.91 Å². The van der Waals surface area contributed by atoms with Crippen LogP contribution in [0.15, 0.2) is 29.3 Å². The number of amides is 1. The molecule has 0 aliphatic rings. The van der Waals surface area contributed by atoms with Crippen LogP contribution in [0.5, 0.6) is 5.75 Å². The van der Waals surface area contributed by atoms with Gasteiger partial charge in [-0.2, -0.15) is 0 Å². The average molecular weight is 406 g/mol. The van der Waals surface area contributed by atoms with E-state index in [0.29, 0.717) is 0 Å². The molecule has 7 heteroatoms. The van der Waals surface area contributed by atoms with Crippen molar-refractivity contribution in [2.24, 2.45) is 10.7 Å². The molecule has 0 saturated carbocycles. The SMILES string of the molecule is COc1ccc(NC(N)=NCC(=O)NC(C)(C)C)cc1.I. The molecule has 0 radical (unpaired) electrons. The normalized spacial score (nSPS) is 11.3. The van der Waals surface area contributed by atoms with E-state index >= 15 is 0 Å². The first-order valence-electron chi connectivity index (χ1n) is 6.32. The third-order valence-corrected chi connectivity index (χ3v) is 2.27. The summed E-state index contributed by atoms with van der Waals surface area (Å²) < 4.78 is 5.06. The fourth-order valence-electron chi connectivity index (χ4n) is 1.48. The first kappa shape index (κ1) is 19.5. The summed E-state index contributed by atoms with van der Waals surface area (Å²) in [7, 11) is 1.60. The zero-order valence-electron chi connectivity index (χ0n) is 12.8.